The Labute approximate surface area is 216 Å². The summed E-state index contributed by atoms with van der Waals surface area (Å²) >= 11 is 0. The third kappa shape index (κ3) is 5.60. The second kappa shape index (κ2) is 11.4. The van der Waals surface area contributed by atoms with Crippen LogP contribution in [0.2, 0.25) is 0 Å². The Balaban J connectivity index is 0.00000304. The Morgan fingerprint density at radius 1 is 0.833 bits per heavy atom. The first-order valence-corrected chi connectivity index (χ1v) is 12.1. The third-order valence-electron chi connectivity index (χ3n) is 6.30. The van der Waals surface area contributed by atoms with Gasteiger partial charge in [-0.3, -0.25) is 23.9 Å². The van der Waals surface area contributed by atoms with Crippen LogP contribution in [0.3, 0.4) is 0 Å². The van der Waals surface area contributed by atoms with Crippen molar-refractivity contribution in [2.45, 2.75) is 32.9 Å². The zero-order valence-corrected chi connectivity index (χ0v) is 21.2. The number of hydrogen-bond acceptors (Lipinski definition) is 6. The summed E-state index contributed by atoms with van der Waals surface area (Å²) in [5.41, 5.74) is 3.80. The average molecular weight is 507 g/mol. The lowest BCUT2D eigenvalue weighted by Crippen LogP contribution is -2.41. The molecule has 0 aliphatic carbocycles. The van der Waals surface area contributed by atoms with Gasteiger partial charge in [-0.15, -0.1) is 12.4 Å². The van der Waals surface area contributed by atoms with Crippen molar-refractivity contribution in [1.82, 2.24) is 19.8 Å². The van der Waals surface area contributed by atoms with E-state index >= 15 is 0 Å². The largest absolute Gasteiger partial charge is 0.370 e. The van der Waals surface area contributed by atoms with Gasteiger partial charge in [0.15, 0.2) is 0 Å². The Bertz CT molecular complexity index is 1420. The molecule has 0 amide bonds. The summed E-state index contributed by atoms with van der Waals surface area (Å²) in [6, 6.07) is 15.9. The molecule has 0 fully saturated rings. The van der Waals surface area contributed by atoms with E-state index in [0.29, 0.717) is 12.1 Å². The summed E-state index contributed by atoms with van der Waals surface area (Å²) < 4.78 is 2.93. The van der Waals surface area contributed by atoms with E-state index in [1.807, 2.05) is 42.5 Å². The zero-order chi connectivity index (χ0) is 24.2. The van der Waals surface area contributed by atoms with E-state index in [2.05, 4.69) is 26.7 Å². The van der Waals surface area contributed by atoms with E-state index in [0.717, 1.165) is 72.9 Å². The van der Waals surface area contributed by atoms with Crippen molar-refractivity contribution in [3.8, 4) is 0 Å². The molecule has 5 rings (SSSR count). The maximum atomic E-state index is 13.4. The highest BCUT2D eigenvalue weighted by atomic mass is 35.5. The van der Waals surface area contributed by atoms with Gasteiger partial charge in [0.1, 0.15) is 11.7 Å². The molecule has 0 atom stereocenters. The van der Waals surface area contributed by atoms with E-state index in [1.54, 1.807) is 17.7 Å². The van der Waals surface area contributed by atoms with Crippen LogP contribution >= 0.6 is 12.4 Å². The lowest BCUT2D eigenvalue weighted by Gasteiger charge is -2.17. The Morgan fingerprint density at radius 3 is 1.92 bits per heavy atom. The zero-order valence-electron chi connectivity index (χ0n) is 20.4. The predicted molar refractivity (Wildman–Crippen MR) is 146 cm³/mol. The highest BCUT2D eigenvalue weighted by Gasteiger charge is 2.13. The van der Waals surface area contributed by atoms with Crippen molar-refractivity contribution < 1.29 is 0 Å². The van der Waals surface area contributed by atoms with Crippen LogP contribution in [0.4, 0.5) is 0 Å². The molecule has 3 heterocycles. The molecule has 9 heteroatoms. The van der Waals surface area contributed by atoms with Gasteiger partial charge in [-0.1, -0.05) is 36.4 Å². The summed E-state index contributed by atoms with van der Waals surface area (Å²) in [6.45, 7) is 5.78. The summed E-state index contributed by atoms with van der Waals surface area (Å²) in [7, 11) is 0. The Kier molecular flexibility index (Phi) is 8.05. The standard InChI is InChI=1S/C27H30N6O2.ClH/c1-19-16-32(17-20-6-2-8-22(14-20)24-28-10-4-11-29-24)27(35)33(26(19)34)18-21-7-3-9-23(15-21)25-30-12-5-13-31-25;/h2-3,6-9,14-16H,4-5,10-13,17-18H2,1H3,(H,28,29)(H,30,31);1H. The maximum Gasteiger partial charge on any atom is 0.331 e. The van der Waals surface area contributed by atoms with Gasteiger partial charge in [0, 0.05) is 49.1 Å². The highest BCUT2D eigenvalue weighted by Crippen LogP contribution is 2.11. The molecular formula is C27H31ClN6O2. The topological polar surface area (TPSA) is 92.8 Å². The van der Waals surface area contributed by atoms with Gasteiger partial charge in [-0.05, 0) is 43.0 Å². The molecule has 1 aromatic heterocycles. The number of nitrogens with one attached hydrogen (secondary N) is 2. The SMILES string of the molecule is Cc1cn(Cc2cccc(C3=NCCCN3)c2)c(=O)n(Cc2cccc(C3=NCCCN3)c2)c1=O.Cl. The van der Waals surface area contributed by atoms with Gasteiger partial charge >= 0.3 is 5.69 Å². The van der Waals surface area contributed by atoms with Crippen LogP contribution in [-0.2, 0) is 13.1 Å². The number of amidine groups is 2. The monoisotopic (exact) mass is 506 g/mol. The fourth-order valence-corrected chi connectivity index (χ4v) is 4.52. The Hall–Kier alpha value is -3.65. The quantitative estimate of drug-likeness (QED) is 0.536. The molecule has 0 spiro atoms. The van der Waals surface area contributed by atoms with Gasteiger partial charge in [0.05, 0.1) is 13.1 Å². The van der Waals surface area contributed by atoms with Gasteiger partial charge in [0.25, 0.3) is 5.56 Å². The van der Waals surface area contributed by atoms with Crippen LogP contribution in [0.1, 0.15) is 40.7 Å². The van der Waals surface area contributed by atoms with Crippen LogP contribution in [0.15, 0.2) is 74.3 Å². The fraction of sp³-hybridized carbons (Fsp3) is 0.333. The minimum Gasteiger partial charge on any atom is -0.370 e. The van der Waals surface area contributed by atoms with Gasteiger partial charge in [-0.2, -0.15) is 0 Å². The first kappa shape index (κ1) is 25.4. The fourth-order valence-electron chi connectivity index (χ4n) is 4.52. The van der Waals surface area contributed by atoms with Crippen LogP contribution < -0.4 is 21.9 Å². The molecule has 2 aliphatic rings. The number of aryl methyl sites for hydroxylation is 1. The maximum absolute atomic E-state index is 13.4. The molecule has 0 saturated heterocycles. The second-order valence-corrected chi connectivity index (χ2v) is 9.04. The number of benzene rings is 2. The summed E-state index contributed by atoms with van der Waals surface area (Å²) in [5, 5.41) is 6.67. The van der Waals surface area contributed by atoms with E-state index < -0.39 is 0 Å². The molecule has 2 aromatic carbocycles. The van der Waals surface area contributed by atoms with Crippen molar-refractivity contribution in [2.75, 3.05) is 26.2 Å². The number of nitrogens with zero attached hydrogens (tertiary/aromatic N) is 4. The molecular weight excluding hydrogens is 476 g/mol. The first-order valence-electron chi connectivity index (χ1n) is 12.1. The lowest BCUT2D eigenvalue weighted by atomic mass is 10.1. The van der Waals surface area contributed by atoms with Crippen molar-refractivity contribution in [3.63, 3.8) is 0 Å². The molecule has 2 aliphatic heterocycles. The number of hydrogen-bond donors (Lipinski definition) is 2. The third-order valence-corrected chi connectivity index (χ3v) is 6.30. The van der Waals surface area contributed by atoms with Gasteiger partial charge in [0.2, 0.25) is 0 Å². The smallest absolute Gasteiger partial charge is 0.331 e. The lowest BCUT2D eigenvalue weighted by molar-refractivity contribution is 0.605. The molecule has 8 nitrogen and oxygen atoms in total. The van der Waals surface area contributed by atoms with Crippen LogP contribution in [0, 0.1) is 6.92 Å². The summed E-state index contributed by atoms with van der Waals surface area (Å²) in [4.78, 5) is 35.4. The molecule has 0 unspecified atom stereocenters. The minimum atomic E-state index is -0.322. The highest BCUT2D eigenvalue weighted by molar-refractivity contribution is 5.99. The molecule has 36 heavy (non-hydrogen) atoms. The molecule has 0 radical (unpaired) electrons. The Morgan fingerprint density at radius 2 is 1.39 bits per heavy atom. The predicted octanol–water partition coefficient (Wildman–Crippen LogP) is 2.32. The summed E-state index contributed by atoms with van der Waals surface area (Å²) in [6.07, 6.45) is 3.71. The van der Waals surface area contributed by atoms with Gasteiger partial charge < -0.3 is 10.6 Å². The number of halogens is 1. The van der Waals surface area contributed by atoms with Crippen LogP contribution in [0.25, 0.3) is 0 Å². The second-order valence-electron chi connectivity index (χ2n) is 9.04. The minimum absolute atomic E-state index is 0. The van der Waals surface area contributed by atoms with E-state index in [9.17, 15) is 9.59 Å². The molecule has 3 aromatic rings. The normalized spacial score (nSPS) is 15.1. The molecule has 2 N–H and O–H groups in total. The summed E-state index contributed by atoms with van der Waals surface area (Å²) in [5.74, 6) is 1.76. The van der Waals surface area contributed by atoms with Crippen molar-refractivity contribution in [2.24, 2.45) is 9.98 Å². The van der Waals surface area contributed by atoms with Crippen molar-refractivity contribution in [1.29, 1.82) is 0 Å². The van der Waals surface area contributed by atoms with Crippen LogP contribution in [0.5, 0.6) is 0 Å². The first-order chi connectivity index (χ1) is 17.1. The van der Waals surface area contributed by atoms with E-state index in [-0.39, 0.29) is 30.2 Å². The van der Waals surface area contributed by atoms with Crippen molar-refractivity contribution in [3.05, 3.63) is 103 Å². The average Bonchev–Trinajstić information content (AvgIpc) is 2.91. The van der Waals surface area contributed by atoms with Crippen LogP contribution in [-0.4, -0.2) is 47.0 Å². The van der Waals surface area contributed by atoms with E-state index in [1.165, 1.54) is 4.57 Å². The van der Waals surface area contributed by atoms with E-state index in [4.69, 9.17) is 0 Å². The molecule has 0 saturated carbocycles. The number of aliphatic imine (C=N–C) groups is 2. The molecule has 0 bridgehead atoms. The molecule has 188 valence electrons. The number of rotatable bonds is 6. The number of aromatic nitrogens is 2. The van der Waals surface area contributed by atoms with Gasteiger partial charge in [-0.25, -0.2) is 4.79 Å². The van der Waals surface area contributed by atoms with Crippen molar-refractivity contribution >= 4 is 24.1 Å².